The number of benzene rings is 3. The summed E-state index contributed by atoms with van der Waals surface area (Å²) in [6.07, 6.45) is 0.728. The van der Waals surface area contributed by atoms with Crippen molar-refractivity contribution in [2.75, 3.05) is 11.4 Å². The van der Waals surface area contributed by atoms with Gasteiger partial charge in [-0.25, -0.2) is 4.79 Å². The number of Topliss-reactive ketones (excluding diaryl/α,β-unsaturated/α-hetero) is 1. The number of para-hydroxylation sites is 1. The van der Waals surface area contributed by atoms with Crippen LogP contribution in [-0.2, 0) is 17.8 Å². The number of hydrogen-bond donors (Lipinski definition) is 0. The summed E-state index contributed by atoms with van der Waals surface area (Å²) in [4.78, 5) is 27.5. The van der Waals surface area contributed by atoms with Crippen LogP contribution in [0.3, 0.4) is 0 Å². The van der Waals surface area contributed by atoms with Gasteiger partial charge in [0.15, 0.2) is 5.78 Å². The molecule has 1 atom stereocenters. The van der Waals surface area contributed by atoms with Crippen molar-refractivity contribution in [1.82, 2.24) is 0 Å². The summed E-state index contributed by atoms with van der Waals surface area (Å²) in [6, 6.07) is 27.0. The van der Waals surface area contributed by atoms with E-state index in [1.807, 2.05) is 66.7 Å². The molecule has 29 heavy (non-hydrogen) atoms. The Hall–Kier alpha value is -3.40. The lowest BCUT2D eigenvalue weighted by atomic mass is 9.93. The first-order valence-corrected chi connectivity index (χ1v) is 9.85. The molecule has 0 saturated heterocycles. The molecule has 1 amide bonds. The van der Waals surface area contributed by atoms with Crippen LogP contribution in [0.1, 0.15) is 27.9 Å². The molecule has 0 saturated carbocycles. The Labute approximate surface area is 170 Å². The van der Waals surface area contributed by atoms with Crippen LogP contribution in [0.5, 0.6) is 0 Å². The number of amides is 1. The standard InChI is InChI=1S/C25H23NO3/c27-24-16-21(15-19-9-3-1-4-10-19)17-26(23-14-8-7-13-22(23)24)25(28)29-18-20-11-5-2-6-12-20/h1-14,21H,15-18H2/t21-/m0/s1. The van der Waals surface area contributed by atoms with Gasteiger partial charge in [0.1, 0.15) is 6.61 Å². The highest BCUT2D eigenvalue weighted by Crippen LogP contribution is 2.30. The molecule has 4 nitrogen and oxygen atoms in total. The van der Waals surface area contributed by atoms with Crippen LogP contribution < -0.4 is 4.90 Å². The van der Waals surface area contributed by atoms with E-state index in [2.05, 4.69) is 12.1 Å². The normalized spacial score (nSPS) is 16.1. The summed E-state index contributed by atoms with van der Waals surface area (Å²) < 4.78 is 5.59. The zero-order valence-corrected chi connectivity index (χ0v) is 16.2. The fraction of sp³-hybridized carbons (Fsp3) is 0.200. The van der Waals surface area contributed by atoms with Crippen LogP contribution in [0.25, 0.3) is 0 Å². The quantitative estimate of drug-likeness (QED) is 0.614. The number of hydrogen-bond acceptors (Lipinski definition) is 3. The number of fused-ring (bicyclic) bond motifs is 1. The summed E-state index contributed by atoms with van der Waals surface area (Å²) in [5.74, 6) is 0.0986. The van der Waals surface area contributed by atoms with Crippen molar-refractivity contribution in [2.24, 2.45) is 5.92 Å². The molecule has 4 heteroatoms. The van der Waals surface area contributed by atoms with Crippen LogP contribution in [0.4, 0.5) is 10.5 Å². The highest BCUT2D eigenvalue weighted by Gasteiger charge is 2.31. The number of anilines is 1. The van der Waals surface area contributed by atoms with Crippen LogP contribution in [-0.4, -0.2) is 18.4 Å². The Morgan fingerprint density at radius 1 is 0.862 bits per heavy atom. The average Bonchev–Trinajstić information content (AvgIpc) is 2.90. The predicted octanol–water partition coefficient (Wildman–Crippen LogP) is 5.28. The topological polar surface area (TPSA) is 46.6 Å². The van der Waals surface area contributed by atoms with Crippen molar-refractivity contribution in [1.29, 1.82) is 0 Å². The minimum Gasteiger partial charge on any atom is -0.444 e. The molecule has 0 N–H and O–H groups in total. The van der Waals surface area contributed by atoms with E-state index in [0.717, 1.165) is 17.5 Å². The molecule has 0 aliphatic carbocycles. The zero-order valence-electron chi connectivity index (χ0n) is 16.2. The van der Waals surface area contributed by atoms with Gasteiger partial charge in [-0.3, -0.25) is 9.69 Å². The first kappa shape index (κ1) is 18.9. The van der Waals surface area contributed by atoms with Crippen molar-refractivity contribution in [3.05, 3.63) is 102 Å². The Morgan fingerprint density at radius 3 is 2.21 bits per heavy atom. The minimum absolute atomic E-state index is 0.0292. The third-order valence-electron chi connectivity index (χ3n) is 5.20. The van der Waals surface area contributed by atoms with E-state index in [1.54, 1.807) is 11.0 Å². The van der Waals surface area contributed by atoms with E-state index in [1.165, 1.54) is 0 Å². The van der Waals surface area contributed by atoms with E-state index in [9.17, 15) is 9.59 Å². The van der Waals surface area contributed by atoms with Crippen LogP contribution >= 0.6 is 0 Å². The van der Waals surface area contributed by atoms with Gasteiger partial charge in [0.25, 0.3) is 0 Å². The molecule has 1 aliphatic heterocycles. The third-order valence-corrected chi connectivity index (χ3v) is 5.20. The molecule has 1 heterocycles. The van der Waals surface area contributed by atoms with Gasteiger partial charge in [0, 0.05) is 18.5 Å². The van der Waals surface area contributed by atoms with Gasteiger partial charge in [-0.15, -0.1) is 0 Å². The molecule has 1 aliphatic rings. The highest BCUT2D eigenvalue weighted by molar-refractivity contribution is 6.05. The van der Waals surface area contributed by atoms with Gasteiger partial charge in [0.2, 0.25) is 0 Å². The number of carbonyl (C=O) groups is 2. The number of rotatable bonds is 4. The zero-order chi connectivity index (χ0) is 20.1. The Bertz CT molecular complexity index is 985. The second-order valence-electron chi connectivity index (χ2n) is 7.35. The van der Waals surface area contributed by atoms with Gasteiger partial charge < -0.3 is 4.74 Å². The van der Waals surface area contributed by atoms with Crippen molar-refractivity contribution < 1.29 is 14.3 Å². The highest BCUT2D eigenvalue weighted by atomic mass is 16.6. The molecule has 0 aromatic heterocycles. The van der Waals surface area contributed by atoms with E-state index in [0.29, 0.717) is 24.2 Å². The fourth-order valence-corrected chi connectivity index (χ4v) is 3.79. The summed E-state index contributed by atoms with van der Waals surface area (Å²) in [5.41, 5.74) is 3.31. The van der Waals surface area contributed by atoms with E-state index in [4.69, 9.17) is 4.74 Å². The lowest BCUT2D eigenvalue weighted by Crippen LogP contribution is -2.35. The minimum atomic E-state index is -0.422. The molecule has 0 bridgehead atoms. The molecule has 0 fully saturated rings. The molecular formula is C25H23NO3. The molecule has 146 valence electrons. The maximum absolute atomic E-state index is 13.0. The molecule has 0 unspecified atom stereocenters. The number of ketones is 1. The van der Waals surface area contributed by atoms with Crippen LogP contribution in [0.15, 0.2) is 84.9 Å². The van der Waals surface area contributed by atoms with E-state index >= 15 is 0 Å². The Balaban J connectivity index is 1.57. The molecular weight excluding hydrogens is 362 g/mol. The summed E-state index contributed by atoms with van der Waals surface area (Å²) >= 11 is 0. The molecule has 3 aromatic rings. The van der Waals surface area contributed by atoms with Crippen molar-refractivity contribution in [2.45, 2.75) is 19.4 Å². The van der Waals surface area contributed by atoms with Crippen molar-refractivity contribution in [3.63, 3.8) is 0 Å². The maximum Gasteiger partial charge on any atom is 0.414 e. The Kier molecular flexibility index (Phi) is 5.71. The smallest absolute Gasteiger partial charge is 0.414 e. The SMILES string of the molecule is O=C1C[C@H](Cc2ccccc2)CN(C(=O)OCc2ccccc2)c2ccccc21. The van der Waals surface area contributed by atoms with Gasteiger partial charge in [-0.05, 0) is 35.6 Å². The maximum atomic E-state index is 13.0. The molecule has 3 aromatic carbocycles. The van der Waals surface area contributed by atoms with E-state index in [-0.39, 0.29) is 18.3 Å². The molecule has 0 radical (unpaired) electrons. The summed E-state index contributed by atoms with van der Waals surface area (Å²) in [6.45, 7) is 0.654. The van der Waals surface area contributed by atoms with Crippen LogP contribution in [0, 0.1) is 5.92 Å². The second-order valence-corrected chi connectivity index (χ2v) is 7.35. The van der Waals surface area contributed by atoms with Crippen LogP contribution in [0.2, 0.25) is 0 Å². The first-order valence-electron chi connectivity index (χ1n) is 9.85. The monoisotopic (exact) mass is 385 g/mol. The second kappa shape index (κ2) is 8.74. The number of carbonyl (C=O) groups excluding carboxylic acids is 2. The third kappa shape index (κ3) is 4.54. The number of nitrogens with zero attached hydrogens (tertiary/aromatic N) is 1. The lowest BCUT2D eigenvalue weighted by Gasteiger charge is -2.25. The summed E-state index contributed by atoms with van der Waals surface area (Å²) in [5, 5.41) is 0. The molecule has 4 rings (SSSR count). The average molecular weight is 385 g/mol. The predicted molar refractivity (Wildman–Crippen MR) is 113 cm³/mol. The molecule has 0 spiro atoms. The van der Waals surface area contributed by atoms with Gasteiger partial charge in [0.05, 0.1) is 5.69 Å². The number of ether oxygens (including phenoxy) is 1. The van der Waals surface area contributed by atoms with Crippen molar-refractivity contribution in [3.8, 4) is 0 Å². The largest absolute Gasteiger partial charge is 0.444 e. The first-order chi connectivity index (χ1) is 14.2. The Morgan fingerprint density at radius 2 is 1.48 bits per heavy atom. The van der Waals surface area contributed by atoms with Gasteiger partial charge in [-0.1, -0.05) is 72.8 Å². The lowest BCUT2D eigenvalue weighted by molar-refractivity contribution is 0.0965. The fourth-order valence-electron chi connectivity index (χ4n) is 3.79. The summed E-state index contributed by atoms with van der Waals surface area (Å²) in [7, 11) is 0. The van der Waals surface area contributed by atoms with Gasteiger partial charge in [-0.2, -0.15) is 0 Å². The van der Waals surface area contributed by atoms with Gasteiger partial charge >= 0.3 is 6.09 Å². The van der Waals surface area contributed by atoms with E-state index < -0.39 is 6.09 Å². The van der Waals surface area contributed by atoms with Crippen molar-refractivity contribution >= 4 is 17.6 Å².